The highest BCUT2D eigenvalue weighted by molar-refractivity contribution is 5.90. The van der Waals surface area contributed by atoms with Crippen LogP contribution in [0.25, 0.3) is 0 Å². The minimum Gasteiger partial charge on any atom is -0.391 e. The van der Waals surface area contributed by atoms with Crippen molar-refractivity contribution in [3.8, 4) is 0 Å². The average Bonchev–Trinajstić information content (AvgIpc) is 2.15. The molecule has 0 spiro atoms. The topological polar surface area (TPSA) is 59.5 Å². The Hall–Kier alpha value is -1.75. The third-order valence-corrected chi connectivity index (χ3v) is 2.26. The molecule has 0 saturated carbocycles. The van der Waals surface area contributed by atoms with Crippen LogP contribution in [0.3, 0.4) is 0 Å². The molecule has 84 valence electrons. The maximum absolute atomic E-state index is 11.0. The highest BCUT2D eigenvalue weighted by Gasteiger charge is 2.24. The number of cyclic esters (lactones) is 2. The fourth-order valence-electron chi connectivity index (χ4n) is 1.64. The Labute approximate surface area is 93.0 Å². The monoisotopic (exact) mass is 220 g/mol. The van der Waals surface area contributed by atoms with E-state index in [1.54, 1.807) is 4.90 Å². The van der Waals surface area contributed by atoms with Crippen LogP contribution in [0.4, 0.5) is 0 Å². The van der Waals surface area contributed by atoms with Crippen molar-refractivity contribution < 1.29 is 14.3 Å². The number of esters is 2. The number of ether oxygens (including phenoxy) is 1. The van der Waals surface area contributed by atoms with Crippen LogP contribution in [-0.4, -0.2) is 34.9 Å². The minimum atomic E-state index is -0.496. The van der Waals surface area contributed by atoms with Crippen LogP contribution >= 0.6 is 0 Å². The van der Waals surface area contributed by atoms with Crippen molar-refractivity contribution >= 4 is 11.9 Å². The van der Waals surface area contributed by atoms with Crippen LogP contribution in [-0.2, 0) is 20.9 Å². The summed E-state index contributed by atoms with van der Waals surface area (Å²) in [6, 6.07) is 5.68. The quantitative estimate of drug-likeness (QED) is 0.529. The lowest BCUT2D eigenvalue weighted by Crippen LogP contribution is -2.42. The van der Waals surface area contributed by atoms with Gasteiger partial charge in [-0.15, -0.1) is 0 Å². The first-order valence-corrected chi connectivity index (χ1v) is 5.02. The van der Waals surface area contributed by atoms with E-state index in [0.29, 0.717) is 6.54 Å². The standard InChI is InChI=1S/C11H12N2O3/c1-8-3-2-4-9(12-8)5-13-6-10(14)16-11(15)7-13/h2-4H,5-7H2,1H3. The SMILES string of the molecule is Cc1cccc(CN2CC(=O)OC(=O)C2)n1. The Morgan fingerprint density at radius 1 is 1.31 bits per heavy atom. The van der Waals surface area contributed by atoms with E-state index in [4.69, 9.17) is 0 Å². The van der Waals surface area contributed by atoms with E-state index in [0.717, 1.165) is 11.4 Å². The largest absolute Gasteiger partial charge is 0.391 e. The summed E-state index contributed by atoms with van der Waals surface area (Å²) in [6.45, 7) is 2.67. The molecule has 2 heterocycles. The molecule has 0 aromatic carbocycles. The molecule has 1 aliphatic heterocycles. The maximum Gasteiger partial charge on any atom is 0.327 e. The molecular weight excluding hydrogens is 208 g/mol. The summed E-state index contributed by atoms with van der Waals surface area (Å²) in [5.41, 5.74) is 1.77. The number of hydrogen-bond acceptors (Lipinski definition) is 5. The Balaban J connectivity index is 2.04. The number of carbonyl (C=O) groups is 2. The van der Waals surface area contributed by atoms with E-state index in [2.05, 4.69) is 9.72 Å². The zero-order chi connectivity index (χ0) is 11.5. The van der Waals surface area contributed by atoms with Gasteiger partial charge in [0.2, 0.25) is 0 Å². The smallest absolute Gasteiger partial charge is 0.327 e. The second-order valence-electron chi connectivity index (χ2n) is 3.76. The lowest BCUT2D eigenvalue weighted by atomic mass is 10.3. The molecule has 0 amide bonds. The molecule has 5 nitrogen and oxygen atoms in total. The van der Waals surface area contributed by atoms with Gasteiger partial charge in [0.15, 0.2) is 0 Å². The number of carbonyl (C=O) groups excluding carboxylic acids is 2. The van der Waals surface area contributed by atoms with Crippen molar-refractivity contribution in [2.45, 2.75) is 13.5 Å². The molecule has 1 aromatic heterocycles. The predicted octanol–water partition coefficient (Wildman–Crippen LogP) is 0.275. The van der Waals surface area contributed by atoms with Gasteiger partial charge < -0.3 is 4.74 Å². The number of nitrogens with zero attached hydrogens (tertiary/aromatic N) is 2. The molecule has 0 radical (unpaired) electrons. The van der Waals surface area contributed by atoms with Crippen LogP contribution in [0.15, 0.2) is 18.2 Å². The molecule has 0 unspecified atom stereocenters. The van der Waals surface area contributed by atoms with Crippen molar-refractivity contribution in [3.05, 3.63) is 29.6 Å². The molecule has 0 atom stereocenters. The molecule has 1 saturated heterocycles. The third kappa shape index (κ3) is 2.64. The van der Waals surface area contributed by atoms with E-state index in [1.807, 2.05) is 25.1 Å². The third-order valence-electron chi connectivity index (χ3n) is 2.26. The fraction of sp³-hybridized carbons (Fsp3) is 0.364. The van der Waals surface area contributed by atoms with Gasteiger partial charge in [-0.1, -0.05) is 6.07 Å². The lowest BCUT2D eigenvalue weighted by molar-refractivity contribution is -0.167. The normalized spacial score (nSPS) is 17.3. The molecule has 0 aliphatic carbocycles. The summed E-state index contributed by atoms with van der Waals surface area (Å²) in [7, 11) is 0. The Bertz CT molecular complexity index is 415. The Kier molecular flexibility index (Phi) is 2.96. The van der Waals surface area contributed by atoms with Gasteiger partial charge >= 0.3 is 11.9 Å². The molecule has 1 aromatic rings. The second kappa shape index (κ2) is 4.40. The first kappa shape index (κ1) is 10.8. The van der Waals surface area contributed by atoms with Crippen LogP contribution in [0.2, 0.25) is 0 Å². The number of aromatic nitrogens is 1. The Morgan fingerprint density at radius 3 is 2.62 bits per heavy atom. The van der Waals surface area contributed by atoms with Crippen molar-refractivity contribution in [2.24, 2.45) is 0 Å². The lowest BCUT2D eigenvalue weighted by Gasteiger charge is -2.23. The summed E-state index contributed by atoms with van der Waals surface area (Å²) in [6.07, 6.45) is 0. The first-order chi connectivity index (χ1) is 7.63. The van der Waals surface area contributed by atoms with Crippen LogP contribution in [0.5, 0.6) is 0 Å². The highest BCUT2D eigenvalue weighted by Crippen LogP contribution is 2.06. The van der Waals surface area contributed by atoms with Gasteiger partial charge in [0.25, 0.3) is 0 Å². The molecular formula is C11H12N2O3. The van der Waals surface area contributed by atoms with Gasteiger partial charge in [-0.3, -0.25) is 19.5 Å². The van der Waals surface area contributed by atoms with Crippen LogP contribution in [0, 0.1) is 6.92 Å². The summed E-state index contributed by atoms with van der Waals surface area (Å²) in [5.74, 6) is -0.993. The maximum atomic E-state index is 11.0. The average molecular weight is 220 g/mol. The fourth-order valence-corrected chi connectivity index (χ4v) is 1.64. The summed E-state index contributed by atoms with van der Waals surface area (Å²) >= 11 is 0. The van der Waals surface area contributed by atoms with E-state index < -0.39 is 11.9 Å². The number of aryl methyl sites for hydroxylation is 1. The molecule has 1 fully saturated rings. The number of morpholine rings is 1. The molecule has 16 heavy (non-hydrogen) atoms. The van der Waals surface area contributed by atoms with Crippen molar-refractivity contribution in [3.63, 3.8) is 0 Å². The van der Waals surface area contributed by atoms with Gasteiger partial charge in [-0.05, 0) is 19.1 Å². The van der Waals surface area contributed by atoms with Crippen LogP contribution in [0.1, 0.15) is 11.4 Å². The minimum absolute atomic E-state index is 0.140. The van der Waals surface area contributed by atoms with E-state index in [-0.39, 0.29) is 13.1 Å². The molecule has 2 rings (SSSR count). The first-order valence-electron chi connectivity index (χ1n) is 5.02. The Morgan fingerprint density at radius 2 is 2.00 bits per heavy atom. The van der Waals surface area contributed by atoms with Gasteiger partial charge in [0.05, 0.1) is 18.8 Å². The van der Waals surface area contributed by atoms with Crippen LogP contribution < -0.4 is 0 Å². The summed E-state index contributed by atoms with van der Waals surface area (Å²) in [4.78, 5) is 28.1. The van der Waals surface area contributed by atoms with E-state index in [9.17, 15) is 9.59 Å². The second-order valence-corrected chi connectivity index (χ2v) is 3.76. The van der Waals surface area contributed by atoms with Gasteiger partial charge in [-0.2, -0.15) is 0 Å². The van der Waals surface area contributed by atoms with E-state index >= 15 is 0 Å². The van der Waals surface area contributed by atoms with Gasteiger partial charge in [-0.25, -0.2) is 0 Å². The van der Waals surface area contributed by atoms with Crippen molar-refractivity contribution in [1.29, 1.82) is 0 Å². The molecule has 5 heteroatoms. The number of rotatable bonds is 2. The number of pyridine rings is 1. The van der Waals surface area contributed by atoms with Crippen molar-refractivity contribution in [1.82, 2.24) is 9.88 Å². The van der Waals surface area contributed by atoms with Gasteiger partial charge in [0, 0.05) is 12.2 Å². The molecule has 0 N–H and O–H groups in total. The van der Waals surface area contributed by atoms with Crippen molar-refractivity contribution in [2.75, 3.05) is 13.1 Å². The zero-order valence-electron chi connectivity index (χ0n) is 8.97. The predicted molar refractivity (Wildman–Crippen MR) is 55.4 cm³/mol. The van der Waals surface area contributed by atoms with Gasteiger partial charge in [0.1, 0.15) is 0 Å². The zero-order valence-corrected chi connectivity index (χ0v) is 8.97. The summed E-state index contributed by atoms with van der Waals surface area (Å²) < 4.78 is 4.44. The highest BCUT2D eigenvalue weighted by atomic mass is 16.6. The molecule has 1 aliphatic rings. The molecule has 0 bridgehead atoms. The summed E-state index contributed by atoms with van der Waals surface area (Å²) in [5, 5.41) is 0. The number of hydrogen-bond donors (Lipinski definition) is 0. The van der Waals surface area contributed by atoms with E-state index in [1.165, 1.54) is 0 Å².